The SMILES string of the molecule is COC(=O)c1cc(-c2ccc(C)cn2)cc(-n2cnnn2)c1.Cc1ccc(-c2cc(N)cc(C(=O)O)c2)nc1. The lowest BCUT2D eigenvalue weighted by atomic mass is 10.1. The number of aromatic nitrogens is 6. The van der Waals surface area contributed by atoms with E-state index in [-0.39, 0.29) is 5.56 Å². The molecule has 3 aromatic heterocycles. The summed E-state index contributed by atoms with van der Waals surface area (Å²) in [5, 5.41) is 20.0. The summed E-state index contributed by atoms with van der Waals surface area (Å²) in [6.45, 7) is 3.91. The molecule has 0 aliphatic rings. The fourth-order valence-corrected chi connectivity index (χ4v) is 3.61. The van der Waals surface area contributed by atoms with Crippen LogP contribution < -0.4 is 5.73 Å². The fourth-order valence-electron chi connectivity index (χ4n) is 3.61. The first-order valence-corrected chi connectivity index (χ1v) is 11.7. The van der Waals surface area contributed by atoms with E-state index in [2.05, 4.69) is 25.5 Å². The Morgan fingerprint density at radius 1 is 0.846 bits per heavy atom. The second-order valence-corrected chi connectivity index (χ2v) is 8.60. The minimum absolute atomic E-state index is 0.169. The standard InChI is InChI=1S/C15H13N5O2.C13H12N2O2/c1-10-3-4-14(16-8-10)11-5-12(15(21)22-2)7-13(6-11)20-9-17-18-19-20;1-8-2-3-12(15-7-8)9-4-10(13(16)17)6-11(14)5-9/h3-9H,1-2H3;2-7H,14H2,1H3,(H,16,17). The highest BCUT2D eigenvalue weighted by atomic mass is 16.5. The van der Waals surface area contributed by atoms with Gasteiger partial charge in [-0.1, -0.05) is 12.1 Å². The van der Waals surface area contributed by atoms with Gasteiger partial charge in [0.1, 0.15) is 6.33 Å². The number of nitrogens with zero attached hydrogens (tertiary/aromatic N) is 6. The molecule has 0 atom stereocenters. The van der Waals surface area contributed by atoms with E-state index >= 15 is 0 Å². The molecule has 0 fully saturated rings. The van der Waals surface area contributed by atoms with Crippen LogP contribution in [0.3, 0.4) is 0 Å². The maximum absolute atomic E-state index is 11.9. The molecule has 196 valence electrons. The number of pyridine rings is 2. The number of carbonyl (C=O) groups excluding carboxylic acids is 1. The van der Waals surface area contributed by atoms with Crippen LogP contribution in [0.2, 0.25) is 0 Å². The predicted molar refractivity (Wildman–Crippen MR) is 144 cm³/mol. The Labute approximate surface area is 223 Å². The quantitative estimate of drug-likeness (QED) is 0.253. The second kappa shape index (κ2) is 11.7. The van der Waals surface area contributed by atoms with Crippen LogP contribution in [0.25, 0.3) is 28.2 Å². The highest BCUT2D eigenvalue weighted by Gasteiger charge is 2.12. The Kier molecular flexibility index (Phi) is 8.00. The van der Waals surface area contributed by atoms with Gasteiger partial charge in [-0.3, -0.25) is 9.97 Å². The van der Waals surface area contributed by atoms with E-state index in [1.165, 1.54) is 24.2 Å². The smallest absolute Gasteiger partial charge is 0.337 e. The van der Waals surface area contributed by atoms with Crippen LogP contribution in [0.5, 0.6) is 0 Å². The summed E-state index contributed by atoms with van der Waals surface area (Å²) in [5.41, 5.74) is 12.4. The topological polar surface area (TPSA) is 159 Å². The molecule has 11 nitrogen and oxygen atoms in total. The van der Waals surface area contributed by atoms with Gasteiger partial charge in [0.2, 0.25) is 0 Å². The van der Waals surface area contributed by atoms with Gasteiger partial charge in [-0.2, -0.15) is 0 Å². The lowest BCUT2D eigenvalue weighted by Crippen LogP contribution is -2.04. The van der Waals surface area contributed by atoms with Gasteiger partial charge in [0.25, 0.3) is 0 Å². The maximum Gasteiger partial charge on any atom is 0.337 e. The molecule has 0 spiro atoms. The average Bonchev–Trinajstić information content (AvgIpc) is 3.48. The van der Waals surface area contributed by atoms with E-state index in [4.69, 9.17) is 15.6 Å². The van der Waals surface area contributed by atoms with Crippen molar-refractivity contribution in [2.45, 2.75) is 13.8 Å². The molecule has 0 saturated carbocycles. The largest absolute Gasteiger partial charge is 0.478 e. The molecule has 2 aromatic carbocycles. The summed E-state index contributed by atoms with van der Waals surface area (Å²) in [6, 6.07) is 17.6. The number of hydrogen-bond acceptors (Lipinski definition) is 9. The van der Waals surface area contributed by atoms with Gasteiger partial charge in [-0.15, -0.1) is 5.10 Å². The number of nitrogens with two attached hydrogens (primary N) is 1. The minimum Gasteiger partial charge on any atom is -0.478 e. The first kappa shape index (κ1) is 26.6. The van der Waals surface area contributed by atoms with Crippen molar-refractivity contribution in [3.05, 3.63) is 102 Å². The van der Waals surface area contributed by atoms with Gasteiger partial charge in [0, 0.05) is 29.2 Å². The number of rotatable bonds is 5. The zero-order valence-electron chi connectivity index (χ0n) is 21.4. The van der Waals surface area contributed by atoms with Crippen LogP contribution in [0.4, 0.5) is 5.69 Å². The van der Waals surface area contributed by atoms with Crippen LogP contribution in [-0.4, -0.2) is 54.3 Å². The summed E-state index contributed by atoms with van der Waals surface area (Å²) in [6.07, 6.45) is 4.97. The second-order valence-electron chi connectivity index (χ2n) is 8.60. The number of benzene rings is 2. The van der Waals surface area contributed by atoms with Crippen LogP contribution in [-0.2, 0) is 4.74 Å². The normalized spacial score (nSPS) is 10.3. The monoisotopic (exact) mass is 523 g/mol. The van der Waals surface area contributed by atoms with Crippen LogP contribution >= 0.6 is 0 Å². The number of aromatic carboxylic acids is 1. The van der Waals surface area contributed by atoms with E-state index in [1.54, 1.807) is 36.7 Å². The minimum atomic E-state index is -0.995. The highest BCUT2D eigenvalue weighted by molar-refractivity contribution is 5.92. The first-order chi connectivity index (χ1) is 18.7. The summed E-state index contributed by atoms with van der Waals surface area (Å²) < 4.78 is 6.27. The Morgan fingerprint density at radius 3 is 1.97 bits per heavy atom. The van der Waals surface area contributed by atoms with Crippen molar-refractivity contribution in [3.63, 3.8) is 0 Å². The number of anilines is 1. The summed E-state index contributed by atoms with van der Waals surface area (Å²) in [5.74, 6) is -1.42. The molecule has 0 aliphatic carbocycles. The molecule has 0 amide bonds. The van der Waals surface area contributed by atoms with Gasteiger partial charge in [0.05, 0.1) is 35.3 Å². The van der Waals surface area contributed by atoms with Crippen LogP contribution in [0, 0.1) is 13.8 Å². The summed E-state index contributed by atoms with van der Waals surface area (Å²) >= 11 is 0. The number of carboxylic acids is 1. The molecule has 0 unspecified atom stereocenters. The number of hydrogen-bond donors (Lipinski definition) is 2. The molecule has 5 aromatic rings. The van der Waals surface area contributed by atoms with Crippen molar-refractivity contribution in [2.24, 2.45) is 0 Å². The van der Waals surface area contributed by atoms with E-state index < -0.39 is 11.9 Å². The van der Waals surface area contributed by atoms with Crippen LogP contribution in [0.1, 0.15) is 31.8 Å². The number of esters is 1. The molecule has 0 aliphatic heterocycles. The van der Waals surface area contributed by atoms with Gasteiger partial charge in [0.15, 0.2) is 0 Å². The van der Waals surface area contributed by atoms with E-state index in [0.29, 0.717) is 28.2 Å². The third-order valence-electron chi connectivity index (χ3n) is 5.57. The Hall–Kier alpha value is -5.45. The van der Waals surface area contributed by atoms with Gasteiger partial charge in [-0.25, -0.2) is 14.3 Å². The van der Waals surface area contributed by atoms with Gasteiger partial charge >= 0.3 is 11.9 Å². The summed E-state index contributed by atoms with van der Waals surface area (Å²) in [4.78, 5) is 31.4. The first-order valence-electron chi connectivity index (χ1n) is 11.7. The molecule has 0 saturated heterocycles. The molecule has 0 bridgehead atoms. The lowest BCUT2D eigenvalue weighted by molar-refractivity contribution is 0.0599. The Morgan fingerprint density at radius 2 is 1.46 bits per heavy atom. The molecular weight excluding hydrogens is 498 g/mol. The van der Waals surface area contributed by atoms with E-state index in [9.17, 15) is 9.59 Å². The molecular formula is C28H25N7O4. The zero-order chi connectivity index (χ0) is 27.9. The number of methoxy groups -OCH3 is 1. The number of aryl methyl sites for hydroxylation is 2. The Bertz CT molecular complexity index is 1600. The molecule has 5 rings (SSSR count). The number of carbonyl (C=O) groups is 2. The molecule has 39 heavy (non-hydrogen) atoms. The third-order valence-corrected chi connectivity index (χ3v) is 5.57. The van der Waals surface area contributed by atoms with Crippen LogP contribution in [0.15, 0.2) is 79.4 Å². The van der Waals surface area contributed by atoms with Crippen molar-refractivity contribution >= 4 is 17.6 Å². The Balaban J connectivity index is 0.000000187. The van der Waals surface area contributed by atoms with Gasteiger partial charge < -0.3 is 15.6 Å². The number of ether oxygens (including phenoxy) is 1. The van der Waals surface area contributed by atoms with Crippen molar-refractivity contribution in [1.29, 1.82) is 0 Å². The summed E-state index contributed by atoms with van der Waals surface area (Å²) in [7, 11) is 1.34. The molecule has 0 radical (unpaired) electrons. The van der Waals surface area contributed by atoms with Gasteiger partial charge in [-0.05, 0) is 83.9 Å². The van der Waals surface area contributed by atoms with E-state index in [0.717, 1.165) is 22.4 Å². The maximum atomic E-state index is 11.9. The molecule has 3 heterocycles. The highest BCUT2D eigenvalue weighted by Crippen LogP contribution is 2.24. The van der Waals surface area contributed by atoms with Crippen molar-refractivity contribution in [2.75, 3.05) is 12.8 Å². The lowest BCUT2D eigenvalue weighted by Gasteiger charge is -2.08. The average molecular weight is 524 g/mol. The van der Waals surface area contributed by atoms with E-state index in [1.807, 2.05) is 44.2 Å². The fraction of sp³-hybridized carbons (Fsp3) is 0.107. The number of tetrazole rings is 1. The molecule has 3 N–H and O–H groups in total. The zero-order valence-corrected chi connectivity index (χ0v) is 21.4. The number of carboxylic acid groups (broad SMARTS) is 1. The van der Waals surface area contributed by atoms with Crippen molar-refractivity contribution < 1.29 is 19.4 Å². The van der Waals surface area contributed by atoms with Crippen molar-refractivity contribution in [3.8, 4) is 28.2 Å². The third kappa shape index (κ3) is 6.66. The number of nitrogen functional groups attached to an aromatic ring is 1. The predicted octanol–water partition coefficient (Wildman–Crippen LogP) is 4.16. The molecule has 11 heteroatoms. The van der Waals surface area contributed by atoms with Crippen molar-refractivity contribution in [1.82, 2.24) is 30.2 Å².